The van der Waals surface area contributed by atoms with Crippen molar-refractivity contribution in [3.63, 3.8) is 0 Å². The van der Waals surface area contributed by atoms with E-state index in [0.29, 0.717) is 6.61 Å². The van der Waals surface area contributed by atoms with Crippen LogP contribution in [0.5, 0.6) is 0 Å². The Morgan fingerprint density at radius 2 is 1.32 bits per heavy atom. The fraction of sp³-hybridized carbons (Fsp3) is 0.286. The second kappa shape index (κ2) is 11.1. The van der Waals surface area contributed by atoms with Crippen LogP contribution < -0.4 is 0 Å². The summed E-state index contributed by atoms with van der Waals surface area (Å²) >= 11 is 0. The molecule has 0 aliphatic carbocycles. The number of ether oxygens (including phenoxy) is 1. The van der Waals surface area contributed by atoms with Crippen LogP contribution in [0.15, 0.2) is 103 Å². The molecule has 1 atom stereocenters. The molecule has 0 unspecified atom stereocenters. The molecule has 3 aromatic carbocycles. The van der Waals surface area contributed by atoms with Gasteiger partial charge < -0.3 is 9.84 Å². The summed E-state index contributed by atoms with van der Waals surface area (Å²) in [5, 5.41) is 9.93. The number of benzene rings is 3. The summed E-state index contributed by atoms with van der Waals surface area (Å²) < 4.78 is 6.39. The summed E-state index contributed by atoms with van der Waals surface area (Å²) in [5.41, 5.74) is 5.00. The largest absolute Gasteiger partial charge is 0.394 e. The van der Waals surface area contributed by atoms with Gasteiger partial charge in [-0.05, 0) is 29.5 Å². The zero-order chi connectivity index (χ0) is 21.3. The standard InChI is InChI=1S/C28H31NO2/c30-22-27(24-10-4-1-5-11-24)29-19-16-23(17-20-29)18-21-31-28(25-12-6-2-7-13-25)26-14-8-3-9-15-26/h1-16,27-28,30H,17-22H2/t27-/m0/s1. The monoisotopic (exact) mass is 413 g/mol. The maximum atomic E-state index is 9.93. The van der Waals surface area contributed by atoms with E-state index in [1.54, 1.807) is 0 Å². The molecule has 1 heterocycles. The Kier molecular flexibility index (Phi) is 7.67. The van der Waals surface area contributed by atoms with Gasteiger partial charge >= 0.3 is 0 Å². The molecule has 31 heavy (non-hydrogen) atoms. The molecule has 1 aliphatic heterocycles. The quantitative estimate of drug-likeness (QED) is 0.467. The minimum atomic E-state index is -0.0417. The molecule has 0 fully saturated rings. The molecule has 0 bridgehead atoms. The fourth-order valence-corrected chi connectivity index (χ4v) is 4.29. The third-order valence-corrected chi connectivity index (χ3v) is 6.04. The van der Waals surface area contributed by atoms with Gasteiger partial charge in [0.15, 0.2) is 0 Å². The summed E-state index contributed by atoms with van der Waals surface area (Å²) in [7, 11) is 0. The highest BCUT2D eigenvalue weighted by atomic mass is 16.5. The Bertz CT molecular complexity index is 901. The molecule has 0 amide bonds. The average Bonchev–Trinajstić information content (AvgIpc) is 2.85. The van der Waals surface area contributed by atoms with Crippen molar-refractivity contribution in [3.8, 4) is 0 Å². The first-order chi connectivity index (χ1) is 15.3. The minimum absolute atomic E-state index is 0.0417. The molecule has 1 aliphatic rings. The van der Waals surface area contributed by atoms with Crippen LogP contribution >= 0.6 is 0 Å². The number of rotatable bonds is 9. The number of nitrogens with zero attached hydrogens (tertiary/aromatic N) is 1. The lowest BCUT2D eigenvalue weighted by atomic mass is 10.00. The van der Waals surface area contributed by atoms with Crippen LogP contribution in [0, 0.1) is 0 Å². The van der Waals surface area contributed by atoms with Gasteiger partial charge in [0.2, 0.25) is 0 Å². The Morgan fingerprint density at radius 1 is 0.774 bits per heavy atom. The molecule has 0 saturated carbocycles. The first-order valence-corrected chi connectivity index (χ1v) is 11.1. The molecule has 3 aromatic rings. The van der Waals surface area contributed by atoms with Gasteiger partial charge in [-0.25, -0.2) is 0 Å². The lowest BCUT2D eigenvalue weighted by molar-refractivity contribution is 0.0805. The van der Waals surface area contributed by atoms with Crippen molar-refractivity contribution in [2.75, 3.05) is 26.3 Å². The van der Waals surface area contributed by atoms with Crippen LogP contribution in [0.3, 0.4) is 0 Å². The van der Waals surface area contributed by atoms with Gasteiger partial charge in [0.05, 0.1) is 19.3 Å². The van der Waals surface area contributed by atoms with Crippen LogP contribution in [0.4, 0.5) is 0 Å². The van der Waals surface area contributed by atoms with E-state index in [-0.39, 0.29) is 18.8 Å². The Hall–Kier alpha value is -2.72. The molecule has 0 saturated heterocycles. The molecule has 0 spiro atoms. The van der Waals surface area contributed by atoms with Crippen molar-refractivity contribution in [3.05, 3.63) is 119 Å². The Labute approximate surface area is 185 Å². The van der Waals surface area contributed by atoms with Crippen LogP contribution in [-0.4, -0.2) is 36.3 Å². The molecular formula is C28H31NO2. The molecule has 4 rings (SSSR count). The SMILES string of the molecule is OC[C@@H](c1ccccc1)N1CC=C(CCOC(c2ccccc2)c2ccccc2)CC1. The molecule has 0 radical (unpaired) electrons. The summed E-state index contributed by atoms with van der Waals surface area (Å²) in [5.74, 6) is 0. The highest BCUT2D eigenvalue weighted by Crippen LogP contribution is 2.28. The third kappa shape index (κ3) is 5.71. The third-order valence-electron chi connectivity index (χ3n) is 6.04. The second-order valence-electron chi connectivity index (χ2n) is 8.04. The first kappa shape index (κ1) is 21.5. The van der Waals surface area contributed by atoms with E-state index in [9.17, 15) is 5.11 Å². The van der Waals surface area contributed by atoms with E-state index in [2.05, 4.69) is 71.6 Å². The molecule has 1 N–H and O–H groups in total. The van der Waals surface area contributed by atoms with E-state index in [1.165, 1.54) is 22.3 Å². The molecule has 3 heteroatoms. The van der Waals surface area contributed by atoms with E-state index in [4.69, 9.17) is 4.74 Å². The lowest BCUT2D eigenvalue weighted by Crippen LogP contribution is -2.35. The van der Waals surface area contributed by atoms with Crippen LogP contribution in [0.25, 0.3) is 0 Å². The van der Waals surface area contributed by atoms with E-state index < -0.39 is 0 Å². The van der Waals surface area contributed by atoms with Gasteiger partial charge in [-0.3, -0.25) is 4.90 Å². The number of hydrogen-bond acceptors (Lipinski definition) is 3. The van der Waals surface area contributed by atoms with Gasteiger partial charge in [0.25, 0.3) is 0 Å². The Morgan fingerprint density at radius 3 is 1.81 bits per heavy atom. The second-order valence-corrected chi connectivity index (χ2v) is 8.04. The van der Waals surface area contributed by atoms with Gasteiger partial charge in [0, 0.05) is 13.1 Å². The van der Waals surface area contributed by atoms with Crippen LogP contribution in [-0.2, 0) is 4.74 Å². The molecular weight excluding hydrogens is 382 g/mol. The summed E-state index contributed by atoms with van der Waals surface area (Å²) in [6, 6.07) is 31.2. The summed E-state index contributed by atoms with van der Waals surface area (Å²) in [6.45, 7) is 2.68. The Balaban J connectivity index is 1.35. The smallest absolute Gasteiger partial charge is 0.108 e. The van der Waals surface area contributed by atoms with Crippen molar-refractivity contribution in [2.45, 2.75) is 25.0 Å². The van der Waals surface area contributed by atoms with Crippen LogP contribution in [0.1, 0.15) is 41.7 Å². The van der Waals surface area contributed by atoms with Crippen molar-refractivity contribution in [1.82, 2.24) is 4.90 Å². The van der Waals surface area contributed by atoms with Gasteiger partial charge in [-0.15, -0.1) is 0 Å². The first-order valence-electron chi connectivity index (χ1n) is 11.1. The summed E-state index contributed by atoms with van der Waals surface area (Å²) in [4.78, 5) is 2.36. The highest BCUT2D eigenvalue weighted by molar-refractivity contribution is 5.30. The van der Waals surface area contributed by atoms with Crippen molar-refractivity contribution < 1.29 is 9.84 Å². The van der Waals surface area contributed by atoms with E-state index in [1.807, 2.05) is 30.3 Å². The zero-order valence-corrected chi connectivity index (χ0v) is 17.9. The number of hydrogen-bond donors (Lipinski definition) is 1. The maximum Gasteiger partial charge on any atom is 0.108 e. The fourth-order valence-electron chi connectivity index (χ4n) is 4.29. The lowest BCUT2D eigenvalue weighted by Gasteiger charge is -2.33. The predicted molar refractivity (Wildman–Crippen MR) is 126 cm³/mol. The maximum absolute atomic E-state index is 9.93. The van der Waals surface area contributed by atoms with Crippen molar-refractivity contribution >= 4 is 0 Å². The summed E-state index contributed by atoms with van der Waals surface area (Å²) in [6.07, 6.45) is 4.24. The van der Waals surface area contributed by atoms with Gasteiger partial charge in [-0.1, -0.05) is 103 Å². The number of aliphatic hydroxyl groups is 1. The van der Waals surface area contributed by atoms with Crippen molar-refractivity contribution in [2.24, 2.45) is 0 Å². The molecule has 0 aromatic heterocycles. The number of aliphatic hydroxyl groups excluding tert-OH is 1. The predicted octanol–water partition coefficient (Wildman–Crippen LogP) is 5.55. The van der Waals surface area contributed by atoms with Gasteiger partial charge in [0.1, 0.15) is 6.10 Å². The minimum Gasteiger partial charge on any atom is -0.394 e. The van der Waals surface area contributed by atoms with Gasteiger partial charge in [-0.2, -0.15) is 0 Å². The van der Waals surface area contributed by atoms with E-state index >= 15 is 0 Å². The van der Waals surface area contributed by atoms with Crippen molar-refractivity contribution in [1.29, 1.82) is 0 Å². The van der Waals surface area contributed by atoms with E-state index in [0.717, 1.165) is 25.9 Å². The van der Waals surface area contributed by atoms with Crippen LogP contribution in [0.2, 0.25) is 0 Å². The topological polar surface area (TPSA) is 32.7 Å². The zero-order valence-electron chi connectivity index (χ0n) is 17.9. The molecule has 3 nitrogen and oxygen atoms in total. The molecule has 160 valence electrons. The normalized spacial score (nSPS) is 15.6. The average molecular weight is 414 g/mol. The highest BCUT2D eigenvalue weighted by Gasteiger charge is 2.22.